The van der Waals surface area contributed by atoms with Crippen molar-refractivity contribution in [1.29, 1.82) is 0 Å². The van der Waals surface area contributed by atoms with Crippen LogP contribution < -0.4 is 10.6 Å². The quantitative estimate of drug-likeness (QED) is 0.795. The molecule has 5 heteroatoms. The second-order valence-electron chi connectivity index (χ2n) is 4.61. The van der Waals surface area contributed by atoms with Crippen LogP contribution in [0.3, 0.4) is 0 Å². The van der Waals surface area contributed by atoms with Crippen molar-refractivity contribution in [1.82, 2.24) is 10.2 Å². The third-order valence-electron chi connectivity index (χ3n) is 2.59. The number of nitrogens with zero attached hydrogens (tertiary/aromatic N) is 3. The van der Waals surface area contributed by atoms with Crippen LogP contribution in [-0.2, 0) is 6.42 Å². The summed E-state index contributed by atoms with van der Waals surface area (Å²) in [4.78, 5) is 2.02. The largest absolute Gasteiger partial charge is 0.408 e. The zero-order chi connectivity index (χ0) is 12.1. The topological polar surface area (TPSA) is 68.2 Å². The highest BCUT2D eigenvalue weighted by atomic mass is 16.4. The molecule has 0 radical (unpaired) electrons. The molecule has 0 aliphatic carbocycles. The van der Waals surface area contributed by atoms with Gasteiger partial charge < -0.3 is 15.1 Å². The molecule has 0 bridgehead atoms. The molecule has 0 saturated carbocycles. The predicted molar refractivity (Wildman–Crippen MR) is 64.4 cm³/mol. The summed E-state index contributed by atoms with van der Waals surface area (Å²) in [7, 11) is 1.98. The second-order valence-corrected chi connectivity index (χ2v) is 4.61. The van der Waals surface area contributed by atoms with Gasteiger partial charge in [0.15, 0.2) is 0 Å². The van der Waals surface area contributed by atoms with Gasteiger partial charge in [-0.1, -0.05) is 18.9 Å². The number of anilines is 1. The highest BCUT2D eigenvalue weighted by Gasteiger charge is 2.16. The van der Waals surface area contributed by atoms with Gasteiger partial charge in [-0.05, 0) is 19.3 Å². The van der Waals surface area contributed by atoms with Crippen LogP contribution in [0, 0.1) is 5.92 Å². The number of hydrogen-bond acceptors (Lipinski definition) is 5. The van der Waals surface area contributed by atoms with Gasteiger partial charge in [0.25, 0.3) is 0 Å². The van der Waals surface area contributed by atoms with Crippen molar-refractivity contribution in [3.63, 3.8) is 0 Å². The van der Waals surface area contributed by atoms with Crippen molar-refractivity contribution in [3.05, 3.63) is 5.89 Å². The number of aromatic nitrogens is 2. The summed E-state index contributed by atoms with van der Waals surface area (Å²) < 4.78 is 5.51. The maximum absolute atomic E-state index is 5.51. The van der Waals surface area contributed by atoms with E-state index in [0.717, 1.165) is 6.42 Å². The van der Waals surface area contributed by atoms with E-state index < -0.39 is 0 Å². The molecule has 0 aromatic carbocycles. The van der Waals surface area contributed by atoms with Crippen molar-refractivity contribution in [2.75, 3.05) is 18.5 Å². The fraction of sp³-hybridized carbons (Fsp3) is 0.818. The smallest absolute Gasteiger partial charge is 0.318 e. The third kappa shape index (κ3) is 3.48. The molecule has 1 rings (SSSR count). The maximum Gasteiger partial charge on any atom is 0.318 e. The summed E-state index contributed by atoms with van der Waals surface area (Å²) in [6.45, 7) is 7.11. The second kappa shape index (κ2) is 5.84. The van der Waals surface area contributed by atoms with Crippen molar-refractivity contribution in [2.24, 2.45) is 11.7 Å². The molecule has 0 saturated heterocycles. The summed E-state index contributed by atoms with van der Waals surface area (Å²) in [5.41, 5.74) is 5.43. The standard InChI is InChI=1S/C11H22N4O/c1-8(2)7-9(3)15(4)11-14-13-10(16-11)5-6-12/h8-9H,5-7,12H2,1-4H3. The molecule has 1 unspecified atom stereocenters. The first kappa shape index (κ1) is 13.0. The Morgan fingerprint density at radius 3 is 2.56 bits per heavy atom. The van der Waals surface area contributed by atoms with E-state index in [2.05, 4.69) is 31.0 Å². The lowest BCUT2D eigenvalue weighted by Gasteiger charge is -2.23. The van der Waals surface area contributed by atoms with E-state index in [-0.39, 0.29) is 0 Å². The van der Waals surface area contributed by atoms with Crippen LogP contribution in [0.25, 0.3) is 0 Å². The average Bonchev–Trinajstić information content (AvgIpc) is 2.64. The van der Waals surface area contributed by atoms with Gasteiger partial charge in [-0.2, -0.15) is 0 Å². The van der Waals surface area contributed by atoms with E-state index in [1.54, 1.807) is 0 Å². The first-order valence-corrected chi connectivity index (χ1v) is 5.79. The lowest BCUT2D eigenvalue weighted by Crippen LogP contribution is -2.30. The molecule has 0 aliphatic heterocycles. The zero-order valence-electron chi connectivity index (χ0n) is 10.6. The number of rotatable bonds is 6. The van der Waals surface area contributed by atoms with Crippen LogP contribution in [0.2, 0.25) is 0 Å². The Morgan fingerprint density at radius 1 is 1.31 bits per heavy atom. The Morgan fingerprint density at radius 2 is 2.00 bits per heavy atom. The highest BCUT2D eigenvalue weighted by molar-refractivity contribution is 5.23. The first-order chi connectivity index (χ1) is 7.54. The lowest BCUT2D eigenvalue weighted by atomic mass is 10.0. The van der Waals surface area contributed by atoms with E-state index in [0.29, 0.717) is 36.8 Å². The molecule has 0 amide bonds. The summed E-state index contributed by atoms with van der Waals surface area (Å²) in [5.74, 6) is 1.27. The van der Waals surface area contributed by atoms with Crippen LogP contribution >= 0.6 is 0 Å². The van der Waals surface area contributed by atoms with Crippen molar-refractivity contribution in [2.45, 2.75) is 39.7 Å². The minimum Gasteiger partial charge on any atom is -0.408 e. The maximum atomic E-state index is 5.51. The minimum absolute atomic E-state index is 0.395. The molecule has 92 valence electrons. The van der Waals surface area contributed by atoms with E-state index in [9.17, 15) is 0 Å². The number of nitrogens with two attached hydrogens (primary N) is 1. The molecular formula is C11H22N4O. The van der Waals surface area contributed by atoms with Crippen LogP contribution in [0.4, 0.5) is 6.01 Å². The van der Waals surface area contributed by atoms with Gasteiger partial charge in [-0.3, -0.25) is 0 Å². The molecule has 5 nitrogen and oxygen atoms in total. The fourth-order valence-corrected chi connectivity index (χ4v) is 1.64. The fourth-order valence-electron chi connectivity index (χ4n) is 1.64. The summed E-state index contributed by atoms with van der Waals surface area (Å²) in [6, 6.07) is 0.975. The van der Waals surface area contributed by atoms with Crippen molar-refractivity contribution in [3.8, 4) is 0 Å². The molecule has 16 heavy (non-hydrogen) atoms. The molecule has 1 aromatic rings. The summed E-state index contributed by atoms with van der Waals surface area (Å²) in [6.07, 6.45) is 1.74. The predicted octanol–water partition coefficient (Wildman–Crippen LogP) is 1.44. The molecule has 0 aliphatic rings. The summed E-state index contributed by atoms with van der Waals surface area (Å²) >= 11 is 0. The first-order valence-electron chi connectivity index (χ1n) is 5.79. The van der Waals surface area contributed by atoms with Gasteiger partial charge in [0, 0.05) is 26.1 Å². The van der Waals surface area contributed by atoms with Crippen LogP contribution in [-0.4, -0.2) is 29.8 Å². The molecule has 0 spiro atoms. The molecule has 0 fully saturated rings. The van der Waals surface area contributed by atoms with E-state index in [1.165, 1.54) is 0 Å². The Bertz CT molecular complexity index is 311. The Balaban J connectivity index is 2.60. The molecule has 2 N–H and O–H groups in total. The molecule has 1 heterocycles. The zero-order valence-corrected chi connectivity index (χ0v) is 10.6. The minimum atomic E-state index is 0.395. The number of hydrogen-bond donors (Lipinski definition) is 1. The van der Waals surface area contributed by atoms with Crippen LogP contribution in [0.15, 0.2) is 4.42 Å². The van der Waals surface area contributed by atoms with E-state index in [1.807, 2.05) is 11.9 Å². The monoisotopic (exact) mass is 226 g/mol. The van der Waals surface area contributed by atoms with Gasteiger partial charge in [0.05, 0.1) is 0 Å². The van der Waals surface area contributed by atoms with E-state index in [4.69, 9.17) is 10.2 Å². The van der Waals surface area contributed by atoms with Crippen LogP contribution in [0.5, 0.6) is 0 Å². The van der Waals surface area contributed by atoms with Gasteiger partial charge in [-0.25, -0.2) is 0 Å². The van der Waals surface area contributed by atoms with Gasteiger partial charge in [0.1, 0.15) is 0 Å². The van der Waals surface area contributed by atoms with Gasteiger partial charge >= 0.3 is 6.01 Å². The lowest BCUT2D eigenvalue weighted by molar-refractivity contribution is 0.448. The highest BCUT2D eigenvalue weighted by Crippen LogP contribution is 2.17. The molecular weight excluding hydrogens is 204 g/mol. The van der Waals surface area contributed by atoms with Gasteiger partial charge in [-0.15, -0.1) is 5.10 Å². The Kier molecular flexibility index (Phi) is 4.73. The average molecular weight is 226 g/mol. The third-order valence-corrected chi connectivity index (χ3v) is 2.59. The Labute approximate surface area is 97.0 Å². The van der Waals surface area contributed by atoms with Crippen LogP contribution in [0.1, 0.15) is 33.1 Å². The SMILES string of the molecule is CC(C)CC(C)N(C)c1nnc(CCN)o1. The molecule has 1 aromatic heterocycles. The van der Waals surface area contributed by atoms with E-state index >= 15 is 0 Å². The van der Waals surface area contributed by atoms with Gasteiger partial charge in [0.2, 0.25) is 5.89 Å². The normalized spacial score (nSPS) is 13.1. The Hall–Kier alpha value is -1.10. The van der Waals surface area contributed by atoms with Crippen molar-refractivity contribution < 1.29 is 4.42 Å². The summed E-state index contributed by atoms with van der Waals surface area (Å²) in [5, 5.41) is 7.97. The molecule has 1 atom stereocenters. The van der Waals surface area contributed by atoms with Crippen molar-refractivity contribution >= 4 is 6.01 Å².